The average molecular weight is 953 g/mol. The Morgan fingerprint density at radius 1 is 0.493 bits per heavy atom. The molecular formula is C58H113NO8. The minimum atomic E-state index is -1.56. The Balaban J connectivity index is 2.20. The molecule has 0 spiro atoms. The van der Waals surface area contributed by atoms with Crippen LogP contribution in [-0.4, -0.2) is 87.5 Å². The minimum Gasteiger partial charge on any atom is -0.394 e. The zero-order valence-electron chi connectivity index (χ0n) is 44.2. The molecule has 0 aliphatic carbocycles. The van der Waals surface area contributed by atoms with Gasteiger partial charge in [0.15, 0.2) is 6.29 Å². The van der Waals surface area contributed by atoms with Gasteiger partial charge in [-0.15, -0.1) is 0 Å². The number of carbonyl (C=O) groups is 1. The van der Waals surface area contributed by atoms with Crippen LogP contribution in [-0.2, 0) is 14.3 Å². The molecule has 1 amide bonds. The molecule has 1 fully saturated rings. The van der Waals surface area contributed by atoms with Crippen molar-refractivity contribution in [2.75, 3.05) is 13.2 Å². The molecule has 0 aromatic rings. The zero-order valence-corrected chi connectivity index (χ0v) is 44.2. The van der Waals surface area contributed by atoms with Crippen LogP contribution in [0.2, 0.25) is 0 Å². The number of unbranched alkanes of at least 4 members (excludes halogenated alkanes) is 41. The minimum absolute atomic E-state index is 0.169. The highest BCUT2D eigenvalue weighted by molar-refractivity contribution is 5.76. The molecule has 0 saturated carbocycles. The topological polar surface area (TPSA) is 149 Å². The first-order valence-corrected chi connectivity index (χ1v) is 29.4. The highest BCUT2D eigenvalue weighted by atomic mass is 16.7. The fourth-order valence-electron chi connectivity index (χ4n) is 9.69. The van der Waals surface area contributed by atoms with Gasteiger partial charge in [0.25, 0.3) is 0 Å². The van der Waals surface area contributed by atoms with Gasteiger partial charge in [-0.3, -0.25) is 4.79 Å². The highest BCUT2D eigenvalue weighted by Crippen LogP contribution is 2.23. The Bertz CT molecular complexity index is 1060. The highest BCUT2D eigenvalue weighted by Gasteiger charge is 2.44. The first-order valence-electron chi connectivity index (χ1n) is 29.4. The lowest BCUT2D eigenvalue weighted by molar-refractivity contribution is -0.302. The van der Waals surface area contributed by atoms with Gasteiger partial charge in [-0.05, 0) is 19.3 Å². The summed E-state index contributed by atoms with van der Waals surface area (Å²) in [5.41, 5.74) is 0. The first-order chi connectivity index (χ1) is 32.8. The van der Waals surface area contributed by atoms with Crippen molar-refractivity contribution >= 4 is 5.91 Å². The number of allylic oxidation sites excluding steroid dienone is 1. The number of aliphatic hydroxyl groups is 5. The van der Waals surface area contributed by atoms with E-state index in [9.17, 15) is 30.3 Å². The molecule has 7 unspecified atom stereocenters. The smallest absolute Gasteiger partial charge is 0.220 e. The van der Waals surface area contributed by atoms with Crippen LogP contribution in [0.25, 0.3) is 0 Å². The summed E-state index contributed by atoms with van der Waals surface area (Å²) in [6, 6.07) is -0.800. The summed E-state index contributed by atoms with van der Waals surface area (Å²) in [4.78, 5) is 13.1. The predicted octanol–water partition coefficient (Wildman–Crippen LogP) is 14.4. The summed E-state index contributed by atoms with van der Waals surface area (Å²) >= 11 is 0. The van der Waals surface area contributed by atoms with Gasteiger partial charge < -0.3 is 40.3 Å². The van der Waals surface area contributed by atoms with Gasteiger partial charge in [-0.2, -0.15) is 0 Å². The second-order valence-electron chi connectivity index (χ2n) is 20.8. The maximum absolute atomic E-state index is 13.1. The van der Waals surface area contributed by atoms with Crippen molar-refractivity contribution < 1.29 is 39.8 Å². The lowest BCUT2D eigenvalue weighted by atomic mass is 9.99. The van der Waals surface area contributed by atoms with Crippen molar-refractivity contribution in [3.63, 3.8) is 0 Å². The molecule has 1 rings (SSSR count). The molecule has 0 aromatic heterocycles. The third kappa shape index (κ3) is 38.3. The molecule has 0 aromatic carbocycles. The Labute approximate surface area is 414 Å². The van der Waals surface area contributed by atoms with Gasteiger partial charge in [0.05, 0.1) is 25.4 Å². The van der Waals surface area contributed by atoms with Crippen molar-refractivity contribution in [1.29, 1.82) is 0 Å². The molecule has 1 aliphatic heterocycles. The Hall–Kier alpha value is -1.07. The average Bonchev–Trinajstić information content (AvgIpc) is 3.33. The summed E-state index contributed by atoms with van der Waals surface area (Å²) in [5, 5.41) is 54.5. The van der Waals surface area contributed by atoms with Crippen LogP contribution in [0, 0.1) is 0 Å². The SMILES string of the molecule is CCCCCCCCCCCCCCCCCCC/C=C/C(O)C(COC1OC(CO)C(O)C(O)C1O)NC(=O)CCCCCCCCCCCCCCCCCCCCCCCCCCC. The van der Waals surface area contributed by atoms with Gasteiger partial charge in [-0.1, -0.05) is 283 Å². The number of hydrogen-bond acceptors (Lipinski definition) is 8. The molecule has 1 saturated heterocycles. The molecule has 9 nitrogen and oxygen atoms in total. The predicted molar refractivity (Wildman–Crippen MR) is 281 cm³/mol. The quantitative estimate of drug-likeness (QED) is 0.0261. The van der Waals surface area contributed by atoms with E-state index >= 15 is 0 Å². The van der Waals surface area contributed by atoms with Crippen molar-refractivity contribution in [2.45, 2.75) is 339 Å². The van der Waals surface area contributed by atoms with Gasteiger partial charge in [0, 0.05) is 6.42 Å². The van der Waals surface area contributed by atoms with E-state index in [-0.39, 0.29) is 12.5 Å². The molecular weight excluding hydrogens is 839 g/mol. The molecule has 0 bridgehead atoms. The zero-order chi connectivity index (χ0) is 48.7. The van der Waals surface area contributed by atoms with Crippen LogP contribution in [0.15, 0.2) is 12.2 Å². The standard InChI is InChI=1S/C58H113NO8/c1-3-5-7-9-11-13-15-17-19-21-23-24-25-26-27-28-30-32-34-36-38-40-42-44-46-48-54(62)59-51(50-66-58-57(65)56(64)55(63)53(49-60)67-58)52(61)47-45-43-41-39-37-35-33-31-29-22-20-18-16-14-12-10-8-6-4-2/h45,47,51-53,55-58,60-61,63-65H,3-44,46,48-50H2,1-2H3,(H,59,62)/b47-45+. The van der Waals surface area contributed by atoms with Crippen LogP contribution >= 0.6 is 0 Å². The maximum atomic E-state index is 13.1. The van der Waals surface area contributed by atoms with E-state index in [0.717, 1.165) is 38.5 Å². The number of ether oxygens (including phenoxy) is 2. The molecule has 6 N–H and O–H groups in total. The number of nitrogens with one attached hydrogen (secondary N) is 1. The van der Waals surface area contributed by atoms with Gasteiger partial charge in [0.1, 0.15) is 24.4 Å². The van der Waals surface area contributed by atoms with Gasteiger partial charge in [0.2, 0.25) is 5.91 Å². The first kappa shape index (κ1) is 63.9. The summed E-state index contributed by atoms with van der Waals surface area (Å²) in [5.74, 6) is -0.169. The van der Waals surface area contributed by atoms with Crippen molar-refractivity contribution in [3.05, 3.63) is 12.2 Å². The third-order valence-electron chi connectivity index (χ3n) is 14.4. The summed E-state index contributed by atoms with van der Waals surface area (Å²) in [6.07, 6.45) is 52.8. The summed E-state index contributed by atoms with van der Waals surface area (Å²) < 4.78 is 11.3. The normalized spacial score (nSPS) is 19.7. The summed E-state index contributed by atoms with van der Waals surface area (Å²) in [6.45, 7) is 3.82. The van der Waals surface area contributed by atoms with E-state index in [2.05, 4.69) is 19.2 Å². The van der Waals surface area contributed by atoms with E-state index in [1.54, 1.807) is 6.08 Å². The molecule has 398 valence electrons. The fraction of sp³-hybridized carbons (Fsp3) is 0.948. The van der Waals surface area contributed by atoms with Crippen molar-refractivity contribution in [3.8, 4) is 0 Å². The Kier molecular flexibility index (Phi) is 46.3. The molecule has 9 heteroatoms. The molecule has 1 aliphatic rings. The second-order valence-corrected chi connectivity index (χ2v) is 20.8. The number of hydrogen-bond donors (Lipinski definition) is 6. The number of aliphatic hydroxyl groups excluding tert-OH is 5. The van der Waals surface area contributed by atoms with Crippen LogP contribution in [0.5, 0.6) is 0 Å². The lowest BCUT2D eigenvalue weighted by Gasteiger charge is -2.40. The van der Waals surface area contributed by atoms with Crippen molar-refractivity contribution in [2.24, 2.45) is 0 Å². The molecule has 1 heterocycles. The monoisotopic (exact) mass is 952 g/mol. The van der Waals surface area contributed by atoms with Crippen molar-refractivity contribution in [1.82, 2.24) is 5.32 Å². The van der Waals surface area contributed by atoms with E-state index in [0.29, 0.717) is 6.42 Å². The van der Waals surface area contributed by atoms with E-state index in [1.807, 2.05) is 6.08 Å². The fourth-order valence-corrected chi connectivity index (χ4v) is 9.69. The second kappa shape index (κ2) is 48.6. The van der Waals surface area contributed by atoms with Crippen LogP contribution in [0.3, 0.4) is 0 Å². The van der Waals surface area contributed by atoms with Gasteiger partial charge >= 0.3 is 0 Å². The molecule has 7 atom stereocenters. The lowest BCUT2D eigenvalue weighted by Crippen LogP contribution is -2.60. The van der Waals surface area contributed by atoms with Crippen LogP contribution in [0.1, 0.15) is 296 Å². The Morgan fingerprint density at radius 2 is 0.821 bits per heavy atom. The van der Waals surface area contributed by atoms with Crippen LogP contribution in [0.4, 0.5) is 0 Å². The van der Waals surface area contributed by atoms with Gasteiger partial charge in [-0.25, -0.2) is 0 Å². The number of carbonyl (C=O) groups excluding carboxylic acids is 1. The van der Waals surface area contributed by atoms with E-state index in [4.69, 9.17) is 9.47 Å². The largest absolute Gasteiger partial charge is 0.394 e. The van der Waals surface area contributed by atoms with Crippen LogP contribution < -0.4 is 5.32 Å². The third-order valence-corrected chi connectivity index (χ3v) is 14.4. The molecule has 67 heavy (non-hydrogen) atoms. The summed E-state index contributed by atoms with van der Waals surface area (Å²) in [7, 11) is 0. The number of amides is 1. The van der Waals surface area contributed by atoms with E-state index in [1.165, 1.54) is 238 Å². The number of rotatable bonds is 51. The van der Waals surface area contributed by atoms with E-state index < -0.39 is 49.5 Å². The molecule has 0 radical (unpaired) electrons. The Morgan fingerprint density at radius 3 is 1.16 bits per heavy atom. The maximum Gasteiger partial charge on any atom is 0.220 e.